The number of Topliss-reactive ketones (excluding diaryl/α,β-unsaturated/α-hetero) is 1. The van der Waals surface area contributed by atoms with Crippen LogP contribution in [0, 0.1) is 40.4 Å². The summed E-state index contributed by atoms with van der Waals surface area (Å²) in [4.78, 5) is 26.5. The maximum atomic E-state index is 13.0. The number of hydrogen-bond donors (Lipinski definition) is 0. The first-order valence-electron chi connectivity index (χ1n) is 12.4. The van der Waals surface area contributed by atoms with Crippen molar-refractivity contribution in [2.75, 3.05) is 5.75 Å². The Hall–Kier alpha value is -1.61. The lowest BCUT2D eigenvalue weighted by Crippen LogP contribution is -2.50. The zero-order valence-electron chi connectivity index (χ0n) is 19.9. The zero-order valence-corrected chi connectivity index (χ0v) is 20.7. The number of carbonyl (C=O) groups is 2. The van der Waals surface area contributed by atoms with Gasteiger partial charge in [-0.15, -0.1) is 11.8 Å². The second kappa shape index (κ2) is 8.01. The summed E-state index contributed by atoms with van der Waals surface area (Å²) in [6.07, 6.45) is 9.58. The number of thioether (sulfide) groups is 1. The third kappa shape index (κ3) is 3.38. The molecule has 0 amide bonds. The summed E-state index contributed by atoms with van der Waals surface area (Å²) < 4.78 is 0. The van der Waals surface area contributed by atoms with Crippen molar-refractivity contribution in [1.29, 1.82) is 0 Å². The lowest BCUT2D eigenvalue weighted by molar-refractivity contribution is -0.128. The molecule has 4 aliphatic carbocycles. The minimum absolute atomic E-state index is 0.0910. The molecule has 5 rings (SSSR count). The van der Waals surface area contributed by atoms with Crippen LogP contribution in [-0.2, 0) is 9.59 Å². The van der Waals surface area contributed by atoms with E-state index in [4.69, 9.17) is 0 Å². The summed E-state index contributed by atoms with van der Waals surface area (Å²) in [6, 6.07) is 10.6. The minimum atomic E-state index is 0.0910. The highest BCUT2D eigenvalue weighted by Gasteiger charge is 2.61. The van der Waals surface area contributed by atoms with E-state index in [9.17, 15) is 9.59 Å². The molecule has 3 heteroatoms. The summed E-state index contributed by atoms with van der Waals surface area (Å²) in [6.45, 7) is 8.89. The zero-order chi connectivity index (χ0) is 22.7. The van der Waals surface area contributed by atoms with Gasteiger partial charge in [0.1, 0.15) is 5.78 Å². The maximum absolute atomic E-state index is 13.0. The number of ketones is 2. The molecular formula is C29H36O2S. The average molecular weight is 449 g/mol. The van der Waals surface area contributed by atoms with Gasteiger partial charge in [-0.2, -0.15) is 0 Å². The molecule has 0 bridgehead atoms. The molecule has 0 aromatic heterocycles. The lowest BCUT2D eigenvalue weighted by Gasteiger charge is -2.56. The van der Waals surface area contributed by atoms with Crippen LogP contribution in [-0.4, -0.2) is 17.3 Å². The molecule has 0 N–H and O–H groups in total. The van der Waals surface area contributed by atoms with Crippen molar-refractivity contribution < 1.29 is 9.59 Å². The highest BCUT2D eigenvalue weighted by molar-refractivity contribution is 7.99. The Morgan fingerprint density at radius 1 is 1.12 bits per heavy atom. The van der Waals surface area contributed by atoms with Crippen molar-refractivity contribution in [2.24, 2.45) is 40.4 Å². The molecule has 2 saturated carbocycles. The largest absolute Gasteiger partial charge is 0.300 e. The average Bonchev–Trinajstić information content (AvgIpc) is 3.07. The third-order valence-corrected chi connectivity index (χ3v) is 10.9. The fourth-order valence-corrected chi connectivity index (χ4v) is 9.36. The molecule has 0 aliphatic heterocycles. The summed E-state index contributed by atoms with van der Waals surface area (Å²) in [5.74, 6) is 3.99. The first-order chi connectivity index (χ1) is 15.2. The van der Waals surface area contributed by atoms with Crippen LogP contribution in [0.4, 0.5) is 0 Å². The molecule has 0 heterocycles. The predicted octanol–water partition coefficient (Wildman–Crippen LogP) is 6.91. The van der Waals surface area contributed by atoms with Crippen LogP contribution < -0.4 is 0 Å². The van der Waals surface area contributed by atoms with Crippen LogP contribution in [0.15, 0.2) is 58.5 Å². The van der Waals surface area contributed by atoms with Gasteiger partial charge < -0.3 is 0 Å². The van der Waals surface area contributed by atoms with Gasteiger partial charge in [-0.3, -0.25) is 9.59 Å². The van der Waals surface area contributed by atoms with Crippen molar-refractivity contribution in [1.82, 2.24) is 0 Å². The summed E-state index contributed by atoms with van der Waals surface area (Å²) in [5.41, 5.74) is 2.82. The molecule has 7 atom stereocenters. The molecule has 2 nitrogen and oxygen atoms in total. The lowest BCUT2D eigenvalue weighted by atomic mass is 9.47. The molecule has 1 unspecified atom stereocenters. The first-order valence-corrected chi connectivity index (χ1v) is 13.3. The second-order valence-electron chi connectivity index (χ2n) is 11.3. The predicted molar refractivity (Wildman–Crippen MR) is 131 cm³/mol. The quantitative estimate of drug-likeness (QED) is 0.469. The van der Waals surface area contributed by atoms with Crippen molar-refractivity contribution in [2.45, 2.75) is 64.7 Å². The van der Waals surface area contributed by atoms with Crippen LogP contribution in [0.5, 0.6) is 0 Å². The van der Waals surface area contributed by atoms with E-state index in [0.29, 0.717) is 41.7 Å². The standard InChI is InChI=1S/C29H36O2S/c1-18-14-23-24(28(3)12-10-21(31)16-25(18)28)11-13-29(4)26(23)15-20(27(29)19(2)30)17-32-22-8-6-5-7-9-22/h5-9,14,16,20,23-24,26-27H,10-13,15,17H2,1-4H3/t20?,23-,24+,26+,27+,28-,29+/m1/s1. The van der Waals surface area contributed by atoms with Gasteiger partial charge in [0.05, 0.1) is 0 Å². The molecule has 32 heavy (non-hydrogen) atoms. The molecule has 2 fully saturated rings. The normalized spacial score (nSPS) is 40.6. The van der Waals surface area contributed by atoms with Crippen LogP contribution in [0.3, 0.4) is 0 Å². The van der Waals surface area contributed by atoms with E-state index in [1.54, 1.807) is 0 Å². The SMILES string of the molecule is CC(=O)[C@H]1C(CSc2ccccc2)C[C@H]2[C@@H]3C=C(C)C4=CC(=O)CC[C@]4(C)[C@H]3CC[C@]12C. The number of rotatable bonds is 4. The van der Waals surface area contributed by atoms with E-state index in [1.165, 1.54) is 22.5 Å². The van der Waals surface area contributed by atoms with Gasteiger partial charge in [0, 0.05) is 23.0 Å². The maximum Gasteiger partial charge on any atom is 0.156 e. The Balaban J connectivity index is 1.47. The molecule has 0 spiro atoms. The Morgan fingerprint density at radius 2 is 1.88 bits per heavy atom. The Labute approximate surface area is 197 Å². The fourth-order valence-electron chi connectivity index (χ4n) is 8.28. The molecule has 0 radical (unpaired) electrons. The number of hydrogen-bond acceptors (Lipinski definition) is 3. The topological polar surface area (TPSA) is 34.1 Å². The van der Waals surface area contributed by atoms with Crippen LogP contribution >= 0.6 is 11.8 Å². The number of carbonyl (C=O) groups excluding carboxylic acids is 2. The Kier molecular flexibility index (Phi) is 5.55. The van der Waals surface area contributed by atoms with E-state index in [0.717, 1.165) is 25.0 Å². The van der Waals surface area contributed by atoms with Crippen molar-refractivity contribution in [3.05, 3.63) is 53.6 Å². The smallest absolute Gasteiger partial charge is 0.156 e. The summed E-state index contributed by atoms with van der Waals surface area (Å²) >= 11 is 1.92. The molecule has 170 valence electrons. The van der Waals surface area contributed by atoms with E-state index in [1.807, 2.05) is 24.8 Å². The summed E-state index contributed by atoms with van der Waals surface area (Å²) in [5, 5.41) is 0. The summed E-state index contributed by atoms with van der Waals surface area (Å²) in [7, 11) is 0. The molecule has 1 aromatic carbocycles. The van der Waals surface area contributed by atoms with Crippen molar-refractivity contribution >= 4 is 23.3 Å². The molecule has 1 aromatic rings. The molecule has 4 aliphatic rings. The van der Waals surface area contributed by atoms with Gasteiger partial charge in [0.15, 0.2) is 5.78 Å². The van der Waals surface area contributed by atoms with Crippen LogP contribution in [0.25, 0.3) is 0 Å². The monoisotopic (exact) mass is 448 g/mol. The Bertz CT molecular complexity index is 992. The van der Waals surface area contributed by atoms with Crippen molar-refractivity contribution in [3.8, 4) is 0 Å². The number of allylic oxidation sites excluding steroid dienone is 4. The highest BCUT2D eigenvalue weighted by atomic mass is 32.2. The van der Waals surface area contributed by atoms with Crippen molar-refractivity contribution in [3.63, 3.8) is 0 Å². The number of benzene rings is 1. The minimum Gasteiger partial charge on any atom is -0.300 e. The van der Waals surface area contributed by atoms with Crippen LogP contribution in [0.2, 0.25) is 0 Å². The highest BCUT2D eigenvalue weighted by Crippen LogP contribution is 2.67. The van der Waals surface area contributed by atoms with Gasteiger partial charge >= 0.3 is 0 Å². The van der Waals surface area contributed by atoms with Gasteiger partial charge in [-0.25, -0.2) is 0 Å². The molecular weight excluding hydrogens is 412 g/mol. The number of fused-ring (bicyclic) bond motifs is 5. The fraction of sp³-hybridized carbons (Fsp3) is 0.586. The van der Waals surface area contributed by atoms with E-state index < -0.39 is 0 Å². The second-order valence-corrected chi connectivity index (χ2v) is 12.4. The van der Waals surface area contributed by atoms with E-state index >= 15 is 0 Å². The van der Waals surface area contributed by atoms with Gasteiger partial charge in [-0.1, -0.05) is 43.7 Å². The van der Waals surface area contributed by atoms with Gasteiger partial charge in [0.25, 0.3) is 0 Å². The first kappa shape index (κ1) is 22.2. The van der Waals surface area contributed by atoms with Crippen LogP contribution in [0.1, 0.15) is 59.8 Å². The van der Waals surface area contributed by atoms with Gasteiger partial charge in [-0.05, 0) is 97.8 Å². The van der Waals surface area contributed by atoms with E-state index in [2.05, 4.69) is 57.2 Å². The van der Waals surface area contributed by atoms with Gasteiger partial charge in [0.2, 0.25) is 0 Å². The van der Waals surface area contributed by atoms with E-state index in [-0.39, 0.29) is 16.7 Å². The molecule has 0 saturated heterocycles. The third-order valence-electron chi connectivity index (χ3n) is 9.65. The Morgan fingerprint density at radius 3 is 2.59 bits per heavy atom.